The molecule has 1 aliphatic heterocycles. The van der Waals surface area contributed by atoms with E-state index in [0.717, 1.165) is 37.4 Å². The number of carbonyl (C=O) groups is 1. The molecule has 1 saturated heterocycles. The highest BCUT2D eigenvalue weighted by atomic mass is 16.5. The Kier molecular flexibility index (Phi) is 5.09. The molecule has 1 aromatic heterocycles. The van der Waals surface area contributed by atoms with Crippen molar-refractivity contribution in [2.24, 2.45) is 5.92 Å². The van der Waals surface area contributed by atoms with Crippen LogP contribution >= 0.6 is 0 Å². The molecule has 2 heterocycles. The summed E-state index contributed by atoms with van der Waals surface area (Å²) in [5.74, 6) is 0.785. The molecule has 5 nitrogen and oxygen atoms in total. The topological polar surface area (TPSA) is 55.3 Å². The van der Waals surface area contributed by atoms with Crippen molar-refractivity contribution < 1.29 is 9.53 Å². The molecule has 0 unspecified atom stereocenters. The quantitative estimate of drug-likeness (QED) is 0.790. The third-order valence-corrected chi connectivity index (χ3v) is 3.44. The highest BCUT2D eigenvalue weighted by Gasteiger charge is 2.18. The number of carbonyl (C=O) groups excluding carboxylic acids is 1. The molecule has 1 aliphatic rings. The molecule has 0 aliphatic carbocycles. The predicted octanol–water partition coefficient (Wildman–Crippen LogP) is 2.15. The molecule has 0 spiro atoms. The Morgan fingerprint density at radius 3 is 2.65 bits per heavy atom. The zero-order valence-electron chi connectivity index (χ0n) is 12.1. The van der Waals surface area contributed by atoms with Gasteiger partial charge in [0.2, 0.25) is 5.91 Å². The highest BCUT2D eigenvalue weighted by molar-refractivity contribution is 5.91. The predicted molar refractivity (Wildman–Crippen MR) is 77.2 cm³/mol. The van der Waals surface area contributed by atoms with E-state index >= 15 is 0 Å². The lowest BCUT2D eigenvalue weighted by molar-refractivity contribution is -0.127. The smallest absolute Gasteiger partial charge is 0.316 e. The van der Waals surface area contributed by atoms with Crippen molar-refractivity contribution in [3.8, 4) is 6.01 Å². The Balaban J connectivity index is 1.89. The molecule has 20 heavy (non-hydrogen) atoms. The minimum Gasteiger partial charge on any atom is -0.464 e. The van der Waals surface area contributed by atoms with Gasteiger partial charge in [0.1, 0.15) is 0 Å². The van der Waals surface area contributed by atoms with Crippen LogP contribution in [0.1, 0.15) is 32.3 Å². The fourth-order valence-electron chi connectivity index (χ4n) is 2.12. The van der Waals surface area contributed by atoms with E-state index in [-0.39, 0.29) is 5.91 Å². The summed E-state index contributed by atoms with van der Waals surface area (Å²) in [6, 6.07) is 0.362. The van der Waals surface area contributed by atoms with Crippen LogP contribution in [-0.2, 0) is 4.79 Å². The van der Waals surface area contributed by atoms with Crippen LogP contribution in [0.5, 0.6) is 6.01 Å². The fraction of sp³-hybridized carbons (Fsp3) is 0.533. The van der Waals surface area contributed by atoms with Crippen LogP contribution in [0.2, 0.25) is 0 Å². The molecule has 108 valence electrons. The highest BCUT2D eigenvalue weighted by Crippen LogP contribution is 2.16. The molecule has 5 heteroatoms. The summed E-state index contributed by atoms with van der Waals surface area (Å²) in [5, 5.41) is 0. The molecule has 1 aromatic rings. The average molecular weight is 275 g/mol. The van der Waals surface area contributed by atoms with E-state index in [9.17, 15) is 4.79 Å². The summed E-state index contributed by atoms with van der Waals surface area (Å²) >= 11 is 0. The molecule has 0 bridgehead atoms. The maximum Gasteiger partial charge on any atom is 0.316 e. The lowest BCUT2D eigenvalue weighted by Crippen LogP contribution is -2.36. The molecule has 0 aromatic carbocycles. The molecular weight excluding hydrogens is 254 g/mol. The van der Waals surface area contributed by atoms with E-state index in [4.69, 9.17) is 4.74 Å². The Hall–Kier alpha value is -1.91. The van der Waals surface area contributed by atoms with Gasteiger partial charge in [-0.05, 0) is 31.8 Å². The fourth-order valence-corrected chi connectivity index (χ4v) is 2.12. The SMILES string of the molecule is CCOc1ncc(/C=C/C(=O)N2CCC(C)CC2)cn1. The zero-order chi connectivity index (χ0) is 14.4. The van der Waals surface area contributed by atoms with Crippen molar-refractivity contribution in [2.75, 3.05) is 19.7 Å². The van der Waals surface area contributed by atoms with E-state index in [0.29, 0.717) is 12.6 Å². The first-order valence-electron chi connectivity index (χ1n) is 7.11. The normalized spacial score (nSPS) is 16.6. The van der Waals surface area contributed by atoms with Crippen LogP contribution in [0.4, 0.5) is 0 Å². The van der Waals surface area contributed by atoms with Crippen LogP contribution < -0.4 is 4.74 Å². The van der Waals surface area contributed by atoms with E-state index < -0.39 is 0 Å². The lowest BCUT2D eigenvalue weighted by atomic mass is 9.99. The van der Waals surface area contributed by atoms with E-state index in [1.165, 1.54) is 0 Å². The van der Waals surface area contributed by atoms with Crippen molar-refractivity contribution >= 4 is 12.0 Å². The Morgan fingerprint density at radius 1 is 1.40 bits per heavy atom. The van der Waals surface area contributed by atoms with Gasteiger partial charge < -0.3 is 9.64 Å². The van der Waals surface area contributed by atoms with Crippen molar-refractivity contribution in [3.63, 3.8) is 0 Å². The van der Waals surface area contributed by atoms with Gasteiger partial charge in [-0.25, -0.2) is 9.97 Å². The molecular formula is C15H21N3O2. The van der Waals surface area contributed by atoms with Gasteiger partial charge in [0.05, 0.1) is 6.61 Å². The first-order chi connectivity index (χ1) is 9.69. The monoisotopic (exact) mass is 275 g/mol. The third-order valence-electron chi connectivity index (χ3n) is 3.44. The number of likely N-dealkylation sites (tertiary alicyclic amines) is 1. The largest absolute Gasteiger partial charge is 0.464 e. The second-order valence-corrected chi connectivity index (χ2v) is 5.07. The second kappa shape index (κ2) is 7.03. The second-order valence-electron chi connectivity index (χ2n) is 5.07. The number of hydrogen-bond acceptors (Lipinski definition) is 4. The number of piperidine rings is 1. The number of aromatic nitrogens is 2. The molecule has 0 N–H and O–H groups in total. The zero-order valence-corrected chi connectivity index (χ0v) is 12.1. The number of rotatable bonds is 4. The van der Waals surface area contributed by atoms with Crippen molar-refractivity contribution in [2.45, 2.75) is 26.7 Å². The van der Waals surface area contributed by atoms with Gasteiger partial charge >= 0.3 is 6.01 Å². The summed E-state index contributed by atoms with van der Waals surface area (Å²) in [7, 11) is 0. The number of nitrogens with zero attached hydrogens (tertiary/aromatic N) is 3. The first kappa shape index (κ1) is 14.5. The van der Waals surface area contributed by atoms with E-state index in [1.54, 1.807) is 24.5 Å². The van der Waals surface area contributed by atoms with E-state index in [1.807, 2.05) is 11.8 Å². The van der Waals surface area contributed by atoms with Crippen LogP contribution in [0.15, 0.2) is 18.5 Å². The molecule has 1 fully saturated rings. The van der Waals surface area contributed by atoms with Crippen molar-refractivity contribution in [1.82, 2.24) is 14.9 Å². The standard InChI is InChI=1S/C15H21N3O2/c1-3-20-15-16-10-13(11-17-15)4-5-14(19)18-8-6-12(2)7-9-18/h4-5,10-12H,3,6-9H2,1-2H3/b5-4+. The minimum absolute atomic E-state index is 0.0609. The lowest BCUT2D eigenvalue weighted by Gasteiger charge is -2.29. The summed E-state index contributed by atoms with van der Waals surface area (Å²) in [4.78, 5) is 22.0. The molecule has 0 radical (unpaired) electrons. The maximum absolute atomic E-state index is 12.0. The minimum atomic E-state index is 0.0609. The maximum atomic E-state index is 12.0. The van der Waals surface area contributed by atoms with E-state index in [2.05, 4.69) is 16.9 Å². The van der Waals surface area contributed by atoms with Gasteiger partial charge in [-0.1, -0.05) is 6.92 Å². The summed E-state index contributed by atoms with van der Waals surface area (Å²) in [6.07, 6.45) is 8.82. The number of hydrogen-bond donors (Lipinski definition) is 0. The summed E-state index contributed by atoms with van der Waals surface area (Å²) in [6.45, 7) is 6.36. The average Bonchev–Trinajstić information content (AvgIpc) is 2.47. The van der Waals surface area contributed by atoms with Gasteiger partial charge in [-0.2, -0.15) is 0 Å². The van der Waals surface area contributed by atoms with Crippen LogP contribution in [0.25, 0.3) is 6.08 Å². The molecule has 0 atom stereocenters. The number of ether oxygens (including phenoxy) is 1. The summed E-state index contributed by atoms with van der Waals surface area (Å²) in [5.41, 5.74) is 0.798. The van der Waals surface area contributed by atoms with Crippen LogP contribution in [0, 0.1) is 5.92 Å². The van der Waals surface area contributed by atoms with Crippen LogP contribution in [-0.4, -0.2) is 40.5 Å². The summed E-state index contributed by atoms with van der Waals surface area (Å²) < 4.78 is 5.17. The first-order valence-corrected chi connectivity index (χ1v) is 7.11. The molecule has 1 amide bonds. The van der Waals surface area contributed by atoms with Crippen LogP contribution in [0.3, 0.4) is 0 Å². The van der Waals surface area contributed by atoms with Crippen molar-refractivity contribution in [1.29, 1.82) is 0 Å². The number of amides is 1. The Bertz CT molecular complexity index is 463. The van der Waals surface area contributed by atoms with Gasteiger partial charge in [0, 0.05) is 37.1 Å². The Morgan fingerprint density at radius 2 is 2.05 bits per heavy atom. The Labute approximate surface area is 119 Å². The molecule has 2 rings (SSSR count). The van der Waals surface area contributed by atoms with Gasteiger partial charge in [0.25, 0.3) is 0 Å². The van der Waals surface area contributed by atoms with Crippen molar-refractivity contribution in [3.05, 3.63) is 24.0 Å². The van der Waals surface area contributed by atoms with Gasteiger partial charge in [-0.15, -0.1) is 0 Å². The molecule has 0 saturated carbocycles. The third kappa shape index (κ3) is 4.05. The van der Waals surface area contributed by atoms with Gasteiger partial charge in [-0.3, -0.25) is 4.79 Å². The van der Waals surface area contributed by atoms with Gasteiger partial charge in [0.15, 0.2) is 0 Å².